The van der Waals surface area contributed by atoms with E-state index in [-0.39, 0.29) is 5.92 Å². The molecule has 0 N–H and O–H groups in total. The Bertz CT molecular complexity index is 304. The van der Waals surface area contributed by atoms with Gasteiger partial charge >= 0.3 is 0 Å². The monoisotopic (exact) mass is 395 g/mol. The number of nitrogens with zero attached hydrogens (tertiary/aromatic N) is 1. The van der Waals surface area contributed by atoms with Gasteiger partial charge in [0.25, 0.3) is 0 Å². The van der Waals surface area contributed by atoms with Gasteiger partial charge in [-0.1, -0.05) is 130 Å². The topological polar surface area (TPSA) is 20.3 Å². The molecule has 0 spiro atoms. The molecule has 0 aliphatic rings. The molecule has 0 aromatic heterocycles. The molecule has 0 saturated carbocycles. The fourth-order valence-corrected chi connectivity index (χ4v) is 3.92. The Morgan fingerprint density at radius 1 is 0.536 bits per heavy atom. The second-order valence-corrected chi connectivity index (χ2v) is 9.14. The third-order valence-electron chi connectivity index (χ3n) is 5.87. The molecule has 0 heterocycles. The van der Waals surface area contributed by atoms with Gasteiger partial charge in [0.15, 0.2) is 0 Å². The first-order valence-corrected chi connectivity index (χ1v) is 12.9. The first-order valence-electron chi connectivity index (χ1n) is 12.9. The number of unbranched alkanes of at least 4 members (excludes halogenated alkanes) is 16. The van der Waals surface area contributed by atoms with Crippen LogP contribution in [0.15, 0.2) is 0 Å². The van der Waals surface area contributed by atoms with E-state index in [1.165, 1.54) is 116 Å². The van der Waals surface area contributed by atoms with E-state index in [0.29, 0.717) is 5.91 Å². The zero-order valence-corrected chi connectivity index (χ0v) is 20.1. The summed E-state index contributed by atoms with van der Waals surface area (Å²) in [5, 5.41) is 0. The number of hydrogen-bond donors (Lipinski definition) is 0. The minimum absolute atomic E-state index is 0.136. The average Bonchev–Trinajstić information content (AvgIpc) is 2.69. The standard InChI is InChI=1S/C26H53NO/c1-5-7-9-11-13-15-17-19-21-23-27(26(28)25(3)4)24-22-20-18-16-14-12-10-8-6-2/h25H,5-24H2,1-4H3. The molecule has 28 heavy (non-hydrogen) atoms. The van der Waals surface area contributed by atoms with Gasteiger partial charge in [-0.2, -0.15) is 0 Å². The van der Waals surface area contributed by atoms with Crippen LogP contribution in [0.2, 0.25) is 0 Å². The van der Waals surface area contributed by atoms with Crippen molar-refractivity contribution in [1.82, 2.24) is 4.90 Å². The molecule has 0 aliphatic carbocycles. The summed E-state index contributed by atoms with van der Waals surface area (Å²) in [6.07, 6.45) is 24.2. The molecule has 0 aromatic rings. The Hall–Kier alpha value is -0.530. The minimum Gasteiger partial charge on any atom is -0.342 e. The van der Waals surface area contributed by atoms with Crippen molar-refractivity contribution >= 4 is 5.91 Å². The molecule has 168 valence electrons. The summed E-state index contributed by atoms with van der Waals surface area (Å²) in [5.74, 6) is 0.497. The van der Waals surface area contributed by atoms with Gasteiger partial charge in [-0.25, -0.2) is 0 Å². The van der Waals surface area contributed by atoms with E-state index in [9.17, 15) is 4.79 Å². The average molecular weight is 396 g/mol. The molecule has 0 fully saturated rings. The maximum atomic E-state index is 12.5. The van der Waals surface area contributed by atoms with Crippen molar-refractivity contribution in [1.29, 1.82) is 0 Å². The maximum Gasteiger partial charge on any atom is 0.225 e. The molecule has 0 bridgehead atoms. The van der Waals surface area contributed by atoms with Crippen LogP contribution in [0, 0.1) is 5.92 Å². The molecule has 2 nitrogen and oxygen atoms in total. The number of carbonyl (C=O) groups is 1. The highest BCUT2D eigenvalue weighted by Crippen LogP contribution is 2.13. The van der Waals surface area contributed by atoms with Crippen LogP contribution in [0.4, 0.5) is 0 Å². The van der Waals surface area contributed by atoms with Gasteiger partial charge in [-0.05, 0) is 12.8 Å². The highest BCUT2D eigenvalue weighted by molar-refractivity contribution is 5.78. The lowest BCUT2D eigenvalue weighted by Gasteiger charge is -2.24. The summed E-state index contributed by atoms with van der Waals surface area (Å²) >= 11 is 0. The van der Waals surface area contributed by atoms with Gasteiger partial charge in [0.1, 0.15) is 0 Å². The summed E-state index contributed by atoms with van der Waals surface area (Å²) in [4.78, 5) is 14.7. The molecule has 0 saturated heterocycles. The molecule has 0 atom stereocenters. The Labute approximate surface area is 178 Å². The van der Waals surface area contributed by atoms with E-state index in [1.54, 1.807) is 0 Å². The second-order valence-electron chi connectivity index (χ2n) is 9.14. The Kier molecular flexibility index (Phi) is 20.8. The van der Waals surface area contributed by atoms with Gasteiger partial charge in [-0.3, -0.25) is 4.79 Å². The van der Waals surface area contributed by atoms with Crippen LogP contribution >= 0.6 is 0 Å². The van der Waals surface area contributed by atoms with Crippen molar-refractivity contribution in [2.75, 3.05) is 13.1 Å². The fourth-order valence-electron chi connectivity index (χ4n) is 3.92. The van der Waals surface area contributed by atoms with E-state index in [4.69, 9.17) is 0 Å². The number of amides is 1. The third kappa shape index (κ3) is 17.6. The molecular formula is C26H53NO. The molecule has 0 rings (SSSR count). The molecule has 1 amide bonds. The minimum atomic E-state index is 0.136. The van der Waals surface area contributed by atoms with Crippen LogP contribution in [-0.2, 0) is 4.79 Å². The normalized spacial score (nSPS) is 11.3. The van der Waals surface area contributed by atoms with Crippen LogP contribution in [0.25, 0.3) is 0 Å². The van der Waals surface area contributed by atoms with E-state index in [1.807, 2.05) is 13.8 Å². The van der Waals surface area contributed by atoms with Crippen molar-refractivity contribution in [2.24, 2.45) is 5.92 Å². The fraction of sp³-hybridized carbons (Fsp3) is 0.962. The van der Waals surface area contributed by atoms with Crippen molar-refractivity contribution in [3.63, 3.8) is 0 Å². The van der Waals surface area contributed by atoms with Crippen LogP contribution in [0.3, 0.4) is 0 Å². The van der Waals surface area contributed by atoms with Gasteiger partial charge in [0.2, 0.25) is 5.91 Å². The zero-order chi connectivity index (χ0) is 20.9. The predicted molar refractivity (Wildman–Crippen MR) is 126 cm³/mol. The Morgan fingerprint density at radius 3 is 1.11 bits per heavy atom. The Morgan fingerprint density at radius 2 is 0.821 bits per heavy atom. The molecular weight excluding hydrogens is 342 g/mol. The van der Waals surface area contributed by atoms with E-state index >= 15 is 0 Å². The molecule has 2 heteroatoms. The first-order chi connectivity index (χ1) is 13.6. The first kappa shape index (κ1) is 27.5. The van der Waals surface area contributed by atoms with Gasteiger partial charge in [-0.15, -0.1) is 0 Å². The van der Waals surface area contributed by atoms with Crippen LogP contribution in [0.5, 0.6) is 0 Å². The predicted octanol–water partition coefficient (Wildman–Crippen LogP) is 8.53. The second kappa shape index (κ2) is 21.2. The molecule has 0 radical (unpaired) electrons. The van der Waals surface area contributed by atoms with Crippen molar-refractivity contribution in [3.8, 4) is 0 Å². The maximum absolute atomic E-state index is 12.5. The number of hydrogen-bond acceptors (Lipinski definition) is 1. The summed E-state index contributed by atoms with van der Waals surface area (Å²) in [5.41, 5.74) is 0. The third-order valence-corrected chi connectivity index (χ3v) is 5.87. The van der Waals surface area contributed by atoms with Gasteiger partial charge in [0, 0.05) is 19.0 Å². The number of carbonyl (C=O) groups excluding carboxylic acids is 1. The van der Waals surface area contributed by atoms with E-state index in [0.717, 1.165) is 13.1 Å². The smallest absolute Gasteiger partial charge is 0.225 e. The lowest BCUT2D eigenvalue weighted by atomic mass is 10.1. The Balaban J connectivity index is 3.77. The zero-order valence-electron chi connectivity index (χ0n) is 20.1. The van der Waals surface area contributed by atoms with E-state index < -0.39 is 0 Å². The molecule has 0 aliphatic heterocycles. The van der Waals surface area contributed by atoms with Crippen molar-refractivity contribution in [2.45, 2.75) is 143 Å². The largest absolute Gasteiger partial charge is 0.342 e. The van der Waals surface area contributed by atoms with Crippen molar-refractivity contribution in [3.05, 3.63) is 0 Å². The lowest BCUT2D eigenvalue weighted by molar-refractivity contribution is -0.134. The van der Waals surface area contributed by atoms with Gasteiger partial charge in [0.05, 0.1) is 0 Å². The van der Waals surface area contributed by atoms with Gasteiger partial charge < -0.3 is 4.90 Å². The number of rotatable bonds is 21. The highest BCUT2D eigenvalue weighted by Gasteiger charge is 2.16. The van der Waals surface area contributed by atoms with Crippen LogP contribution < -0.4 is 0 Å². The quantitative estimate of drug-likeness (QED) is 0.178. The molecule has 0 unspecified atom stereocenters. The summed E-state index contributed by atoms with van der Waals surface area (Å²) in [6.45, 7) is 10.6. The SMILES string of the molecule is CCCCCCCCCCCN(CCCCCCCCCCC)C(=O)C(C)C. The molecule has 0 aromatic carbocycles. The van der Waals surface area contributed by atoms with Crippen LogP contribution in [-0.4, -0.2) is 23.9 Å². The summed E-state index contributed by atoms with van der Waals surface area (Å²) in [6, 6.07) is 0. The lowest BCUT2D eigenvalue weighted by Crippen LogP contribution is -2.36. The highest BCUT2D eigenvalue weighted by atomic mass is 16.2. The summed E-state index contributed by atoms with van der Waals surface area (Å²) in [7, 11) is 0. The van der Waals surface area contributed by atoms with Crippen LogP contribution in [0.1, 0.15) is 143 Å². The van der Waals surface area contributed by atoms with Crippen molar-refractivity contribution < 1.29 is 4.79 Å². The summed E-state index contributed by atoms with van der Waals surface area (Å²) < 4.78 is 0. The van der Waals surface area contributed by atoms with E-state index in [2.05, 4.69) is 18.7 Å².